The van der Waals surface area contributed by atoms with E-state index in [-0.39, 0.29) is 6.61 Å². The van der Waals surface area contributed by atoms with Gasteiger partial charge in [-0.3, -0.25) is 0 Å². The summed E-state index contributed by atoms with van der Waals surface area (Å²) in [6, 6.07) is 3.83. The molecule has 0 aliphatic heterocycles. The fourth-order valence-corrected chi connectivity index (χ4v) is 1.03. The molecule has 0 bridgehead atoms. The number of aliphatic hydroxyl groups is 1. The molecular weight excluding hydrogens is 154 g/mol. The molecule has 0 aliphatic rings. The molecule has 66 valence electrons. The number of nitrogens with zero attached hydrogens (tertiary/aromatic N) is 1. The first-order valence-electron chi connectivity index (χ1n) is 3.91. The number of pyridine rings is 1. The van der Waals surface area contributed by atoms with Crippen LogP contribution in [0.4, 0.5) is 0 Å². The van der Waals surface area contributed by atoms with Gasteiger partial charge in [-0.25, -0.2) is 4.98 Å². The molecule has 0 amide bonds. The predicted octanol–water partition coefficient (Wildman–Crippen LogP) is 1.07. The van der Waals surface area contributed by atoms with Gasteiger partial charge >= 0.3 is 0 Å². The molecule has 0 unspecified atom stereocenters. The van der Waals surface area contributed by atoms with Gasteiger partial charge < -0.3 is 9.84 Å². The van der Waals surface area contributed by atoms with Crippen LogP contribution in [0.3, 0.4) is 0 Å². The van der Waals surface area contributed by atoms with Crippen molar-refractivity contribution in [3.05, 3.63) is 23.4 Å². The van der Waals surface area contributed by atoms with Crippen LogP contribution in [-0.4, -0.2) is 23.3 Å². The Kier molecular flexibility index (Phi) is 3.05. The molecular formula is C9H13NO2. The maximum atomic E-state index is 8.51. The normalized spacial score (nSPS) is 9.92. The summed E-state index contributed by atoms with van der Waals surface area (Å²) >= 11 is 0. The number of hydrogen-bond acceptors (Lipinski definition) is 3. The SMILES string of the molecule is Cc1cc(C)nc(OCCO)c1. The molecule has 1 aromatic rings. The number of aliphatic hydroxyl groups excluding tert-OH is 1. The summed E-state index contributed by atoms with van der Waals surface area (Å²) in [5.41, 5.74) is 2.05. The highest BCUT2D eigenvalue weighted by Crippen LogP contribution is 2.10. The van der Waals surface area contributed by atoms with E-state index in [9.17, 15) is 0 Å². The van der Waals surface area contributed by atoms with Gasteiger partial charge in [-0.1, -0.05) is 0 Å². The maximum absolute atomic E-state index is 8.51. The van der Waals surface area contributed by atoms with E-state index in [0.717, 1.165) is 11.3 Å². The second-order valence-electron chi connectivity index (χ2n) is 2.70. The van der Waals surface area contributed by atoms with Crippen LogP contribution >= 0.6 is 0 Å². The highest BCUT2D eigenvalue weighted by molar-refractivity contribution is 5.23. The van der Waals surface area contributed by atoms with E-state index < -0.39 is 0 Å². The minimum absolute atomic E-state index is 0.0225. The lowest BCUT2D eigenvalue weighted by molar-refractivity contribution is 0.196. The predicted molar refractivity (Wildman–Crippen MR) is 46.3 cm³/mol. The molecule has 1 aromatic heterocycles. The van der Waals surface area contributed by atoms with E-state index in [4.69, 9.17) is 9.84 Å². The second-order valence-corrected chi connectivity index (χ2v) is 2.70. The molecule has 12 heavy (non-hydrogen) atoms. The van der Waals surface area contributed by atoms with Gasteiger partial charge in [0.1, 0.15) is 6.61 Å². The van der Waals surface area contributed by atoms with Gasteiger partial charge in [-0.15, -0.1) is 0 Å². The molecule has 0 aromatic carbocycles. The van der Waals surface area contributed by atoms with Gasteiger partial charge in [0.25, 0.3) is 0 Å². The molecule has 0 atom stereocenters. The van der Waals surface area contributed by atoms with E-state index >= 15 is 0 Å². The van der Waals surface area contributed by atoms with Crippen LogP contribution in [0.25, 0.3) is 0 Å². The maximum Gasteiger partial charge on any atom is 0.213 e. The number of hydrogen-bond donors (Lipinski definition) is 1. The molecule has 0 fully saturated rings. The van der Waals surface area contributed by atoms with Crippen LogP contribution in [0.15, 0.2) is 12.1 Å². The van der Waals surface area contributed by atoms with Crippen molar-refractivity contribution in [2.75, 3.05) is 13.2 Å². The zero-order valence-electron chi connectivity index (χ0n) is 7.37. The van der Waals surface area contributed by atoms with E-state index in [2.05, 4.69) is 4.98 Å². The van der Waals surface area contributed by atoms with E-state index in [1.165, 1.54) is 0 Å². The van der Waals surface area contributed by atoms with Crippen molar-refractivity contribution in [1.82, 2.24) is 4.98 Å². The standard InChI is InChI=1S/C9H13NO2/c1-7-5-8(2)10-9(6-7)12-4-3-11/h5-6,11H,3-4H2,1-2H3. The Morgan fingerprint density at radius 1 is 1.42 bits per heavy atom. The smallest absolute Gasteiger partial charge is 0.213 e. The summed E-state index contributed by atoms with van der Waals surface area (Å²) in [5, 5.41) is 8.51. The molecule has 1 N–H and O–H groups in total. The van der Waals surface area contributed by atoms with E-state index in [1.54, 1.807) is 0 Å². The minimum atomic E-state index is 0.0225. The Hall–Kier alpha value is -1.09. The Labute approximate surface area is 72.0 Å². The zero-order chi connectivity index (χ0) is 8.97. The van der Waals surface area contributed by atoms with Crippen molar-refractivity contribution in [3.8, 4) is 5.88 Å². The number of aryl methyl sites for hydroxylation is 2. The lowest BCUT2D eigenvalue weighted by Gasteiger charge is -2.04. The van der Waals surface area contributed by atoms with E-state index in [0.29, 0.717) is 12.5 Å². The summed E-state index contributed by atoms with van der Waals surface area (Å²) < 4.78 is 5.16. The van der Waals surface area contributed by atoms with Crippen LogP contribution in [-0.2, 0) is 0 Å². The van der Waals surface area contributed by atoms with Gasteiger partial charge in [-0.2, -0.15) is 0 Å². The van der Waals surface area contributed by atoms with Crippen molar-refractivity contribution in [3.63, 3.8) is 0 Å². The third kappa shape index (κ3) is 2.51. The van der Waals surface area contributed by atoms with Gasteiger partial charge in [-0.05, 0) is 25.5 Å². The van der Waals surface area contributed by atoms with Crippen LogP contribution in [0, 0.1) is 13.8 Å². The van der Waals surface area contributed by atoms with E-state index in [1.807, 2.05) is 26.0 Å². The molecule has 1 heterocycles. The summed E-state index contributed by atoms with van der Waals surface area (Å²) in [7, 11) is 0. The van der Waals surface area contributed by atoms with Crippen LogP contribution < -0.4 is 4.74 Å². The topological polar surface area (TPSA) is 42.4 Å². The third-order valence-corrected chi connectivity index (χ3v) is 1.42. The van der Waals surface area contributed by atoms with Crippen molar-refractivity contribution in [1.29, 1.82) is 0 Å². The first-order chi connectivity index (χ1) is 5.72. The molecule has 0 saturated carbocycles. The Morgan fingerprint density at radius 3 is 2.75 bits per heavy atom. The van der Waals surface area contributed by atoms with Crippen LogP contribution in [0.5, 0.6) is 5.88 Å². The average molecular weight is 167 g/mol. The highest BCUT2D eigenvalue weighted by Gasteiger charge is 1.96. The number of rotatable bonds is 3. The summed E-state index contributed by atoms with van der Waals surface area (Å²) in [6.07, 6.45) is 0. The van der Waals surface area contributed by atoms with Gasteiger partial charge in [0, 0.05) is 11.8 Å². The lowest BCUT2D eigenvalue weighted by Crippen LogP contribution is -2.03. The molecule has 0 saturated heterocycles. The Morgan fingerprint density at radius 2 is 2.17 bits per heavy atom. The Balaban J connectivity index is 2.72. The summed E-state index contributed by atoms with van der Waals surface area (Å²) in [6.45, 7) is 4.23. The number of ether oxygens (including phenoxy) is 1. The molecule has 0 radical (unpaired) electrons. The van der Waals surface area contributed by atoms with Gasteiger partial charge in [0.2, 0.25) is 5.88 Å². The van der Waals surface area contributed by atoms with Crippen molar-refractivity contribution in [2.24, 2.45) is 0 Å². The quantitative estimate of drug-likeness (QED) is 0.732. The molecule has 3 nitrogen and oxygen atoms in total. The summed E-state index contributed by atoms with van der Waals surface area (Å²) in [4.78, 5) is 4.14. The molecule has 0 spiro atoms. The molecule has 3 heteroatoms. The fraction of sp³-hybridized carbons (Fsp3) is 0.444. The van der Waals surface area contributed by atoms with Crippen molar-refractivity contribution >= 4 is 0 Å². The number of aromatic nitrogens is 1. The van der Waals surface area contributed by atoms with Gasteiger partial charge in [0.05, 0.1) is 6.61 Å². The summed E-state index contributed by atoms with van der Waals surface area (Å²) in [5.74, 6) is 0.585. The highest BCUT2D eigenvalue weighted by atomic mass is 16.5. The second kappa shape index (κ2) is 4.07. The third-order valence-electron chi connectivity index (χ3n) is 1.42. The largest absolute Gasteiger partial charge is 0.475 e. The molecule has 0 aliphatic carbocycles. The first kappa shape index (κ1) is 9.00. The Bertz CT molecular complexity index is 240. The van der Waals surface area contributed by atoms with Crippen molar-refractivity contribution in [2.45, 2.75) is 13.8 Å². The minimum Gasteiger partial charge on any atom is -0.475 e. The van der Waals surface area contributed by atoms with Gasteiger partial charge in [0.15, 0.2) is 0 Å². The average Bonchev–Trinajstić information content (AvgIpc) is 1.99. The fourth-order valence-electron chi connectivity index (χ4n) is 1.03. The van der Waals surface area contributed by atoms with Crippen molar-refractivity contribution < 1.29 is 9.84 Å². The van der Waals surface area contributed by atoms with Crippen LogP contribution in [0.2, 0.25) is 0 Å². The monoisotopic (exact) mass is 167 g/mol. The van der Waals surface area contributed by atoms with Crippen LogP contribution in [0.1, 0.15) is 11.3 Å². The zero-order valence-corrected chi connectivity index (χ0v) is 7.37. The molecule has 1 rings (SSSR count). The first-order valence-corrected chi connectivity index (χ1v) is 3.91. The lowest BCUT2D eigenvalue weighted by atomic mass is 10.2.